The van der Waals surface area contributed by atoms with Crippen molar-refractivity contribution in [2.75, 3.05) is 18.5 Å². The molecular weight excluding hydrogens is 294 g/mol. The van der Waals surface area contributed by atoms with Crippen LogP contribution < -0.4 is 5.32 Å². The molecule has 0 radical (unpaired) electrons. The number of nitrogens with one attached hydrogen (secondary N) is 1. The van der Waals surface area contributed by atoms with E-state index in [4.69, 9.17) is 4.74 Å². The molecule has 0 aliphatic rings. The maximum atomic E-state index is 11.0. The maximum Gasteiger partial charge on any atom is 0.305 e. The Balaban J connectivity index is 1.70. The molecule has 23 heavy (non-hydrogen) atoms. The van der Waals surface area contributed by atoms with E-state index in [2.05, 4.69) is 20.5 Å². The van der Waals surface area contributed by atoms with Gasteiger partial charge < -0.3 is 14.6 Å². The molecule has 0 spiro atoms. The fraction of sp³-hybridized carbons (Fsp3) is 0.375. The Labute approximate surface area is 133 Å². The number of para-hydroxylation sites is 1. The number of aryl methyl sites for hydroxylation is 1. The molecule has 7 nitrogen and oxygen atoms in total. The Morgan fingerprint density at radius 1 is 1.30 bits per heavy atom. The molecule has 0 aliphatic carbocycles. The van der Waals surface area contributed by atoms with Gasteiger partial charge in [-0.15, -0.1) is 10.2 Å². The minimum atomic E-state index is -0.181. The maximum absolute atomic E-state index is 11.0. The van der Waals surface area contributed by atoms with Gasteiger partial charge in [0.25, 0.3) is 0 Å². The Morgan fingerprint density at radius 3 is 2.96 bits per heavy atom. The van der Waals surface area contributed by atoms with Crippen LogP contribution in [0.25, 0.3) is 22.1 Å². The molecule has 0 saturated carbocycles. The first-order valence-electron chi connectivity index (χ1n) is 7.68. The highest BCUT2D eigenvalue weighted by atomic mass is 16.5. The van der Waals surface area contributed by atoms with Crippen LogP contribution in [0.5, 0.6) is 0 Å². The van der Waals surface area contributed by atoms with Crippen LogP contribution in [-0.4, -0.2) is 38.9 Å². The number of carbonyl (C=O) groups excluding carboxylic acids is 1. The quantitative estimate of drug-likeness (QED) is 0.555. The molecule has 0 saturated heterocycles. The summed E-state index contributed by atoms with van der Waals surface area (Å²) in [6.45, 7) is 2.79. The second-order valence-corrected chi connectivity index (χ2v) is 5.24. The van der Waals surface area contributed by atoms with Crippen LogP contribution in [0.2, 0.25) is 0 Å². The van der Waals surface area contributed by atoms with Gasteiger partial charge in [0.2, 0.25) is 5.95 Å². The van der Waals surface area contributed by atoms with Gasteiger partial charge in [0.1, 0.15) is 5.52 Å². The van der Waals surface area contributed by atoms with Crippen LogP contribution in [0, 0.1) is 0 Å². The predicted molar refractivity (Wildman–Crippen MR) is 88.2 cm³/mol. The first-order chi connectivity index (χ1) is 11.2. The Hall–Kier alpha value is -2.70. The number of carbonyl (C=O) groups is 1. The van der Waals surface area contributed by atoms with E-state index in [1.165, 1.54) is 0 Å². The molecule has 3 aromatic rings. The van der Waals surface area contributed by atoms with Gasteiger partial charge in [-0.3, -0.25) is 4.79 Å². The fourth-order valence-corrected chi connectivity index (χ4v) is 2.44. The van der Waals surface area contributed by atoms with Gasteiger partial charge in [-0.25, -0.2) is 0 Å². The third-order valence-electron chi connectivity index (χ3n) is 3.66. The third-order valence-corrected chi connectivity index (χ3v) is 3.66. The van der Waals surface area contributed by atoms with Gasteiger partial charge in [-0.1, -0.05) is 25.1 Å². The molecule has 3 rings (SSSR count). The molecule has 2 heterocycles. The Morgan fingerprint density at radius 2 is 2.13 bits per heavy atom. The summed E-state index contributed by atoms with van der Waals surface area (Å²) in [7, 11) is 1.97. The van der Waals surface area contributed by atoms with Crippen LogP contribution in [0.15, 0.2) is 24.3 Å². The zero-order chi connectivity index (χ0) is 16.2. The highest BCUT2D eigenvalue weighted by molar-refractivity contribution is 6.04. The number of anilines is 1. The second-order valence-electron chi connectivity index (χ2n) is 5.24. The van der Waals surface area contributed by atoms with Gasteiger partial charge in [0.05, 0.1) is 12.1 Å². The average Bonchev–Trinajstić information content (AvgIpc) is 2.87. The summed E-state index contributed by atoms with van der Waals surface area (Å²) in [5.41, 5.74) is 2.67. The molecule has 0 bridgehead atoms. The summed E-state index contributed by atoms with van der Waals surface area (Å²) in [4.78, 5) is 15.6. The van der Waals surface area contributed by atoms with Crippen molar-refractivity contribution in [3.05, 3.63) is 24.3 Å². The van der Waals surface area contributed by atoms with Crippen molar-refractivity contribution in [2.24, 2.45) is 7.05 Å². The van der Waals surface area contributed by atoms with Crippen molar-refractivity contribution in [1.82, 2.24) is 19.7 Å². The van der Waals surface area contributed by atoms with Gasteiger partial charge in [0, 0.05) is 25.4 Å². The number of hydrogen-bond acceptors (Lipinski definition) is 6. The summed E-state index contributed by atoms with van der Waals surface area (Å²) in [5, 5.41) is 12.6. The predicted octanol–water partition coefficient (Wildman–Crippen LogP) is 2.27. The van der Waals surface area contributed by atoms with E-state index in [1.54, 1.807) is 6.92 Å². The number of nitrogens with zero attached hydrogens (tertiary/aromatic N) is 4. The number of hydrogen-bond donors (Lipinski definition) is 1. The van der Waals surface area contributed by atoms with Gasteiger partial charge in [-0.2, -0.15) is 4.98 Å². The lowest BCUT2D eigenvalue weighted by molar-refractivity contribution is -0.143. The number of benzene rings is 1. The van der Waals surface area contributed by atoms with Crippen molar-refractivity contribution in [2.45, 2.75) is 19.8 Å². The highest BCUT2D eigenvalue weighted by Crippen LogP contribution is 2.24. The topological polar surface area (TPSA) is 81.9 Å². The zero-order valence-corrected chi connectivity index (χ0v) is 13.2. The van der Waals surface area contributed by atoms with Crippen molar-refractivity contribution in [3.8, 4) is 0 Å². The summed E-state index contributed by atoms with van der Waals surface area (Å²) in [6.07, 6.45) is 1.10. The Kier molecular flexibility index (Phi) is 4.36. The standard InChI is InChI=1S/C16H19N5O2/c1-3-13(22)23-10-6-9-17-16-18-15-14(19-20-16)11-7-4-5-8-12(11)21(15)2/h4-5,7-8H,3,6,9-10H2,1-2H3,(H,17,18,20). The normalized spacial score (nSPS) is 11.0. The molecular formula is C16H19N5O2. The fourth-order valence-electron chi connectivity index (χ4n) is 2.44. The first-order valence-corrected chi connectivity index (χ1v) is 7.68. The summed E-state index contributed by atoms with van der Waals surface area (Å²) in [5.74, 6) is 0.296. The molecule has 0 fully saturated rings. The molecule has 0 atom stereocenters. The van der Waals surface area contributed by atoms with Crippen LogP contribution in [0.4, 0.5) is 5.95 Å². The monoisotopic (exact) mass is 313 g/mol. The van der Waals surface area contributed by atoms with Gasteiger partial charge in [-0.05, 0) is 12.5 Å². The summed E-state index contributed by atoms with van der Waals surface area (Å²) >= 11 is 0. The van der Waals surface area contributed by atoms with Gasteiger partial charge >= 0.3 is 5.97 Å². The smallest absolute Gasteiger partial charge is 0.305 e. The van der Waals surface area contributed by atoms with E-state index in [0.717, 1.165) is 22.1 Å². The minimum Gasteiger partial charge on any atom is -0.466 e. The van der Waals surface area contributed by atoms with Crippen molar-refractivity contribution >= 4 is 34.0 Å². The van der Waals surface area contributed by atoms with E-state index in [-0.39, 0.29) is 5.97 Å². The van der Waals surface area contributed by atoms with Crippen molar-refractivity contribution < 1.29 is 9.53 Å². The number of fused-ring (bicyclic) bond motifs is 3. The molecule has 120 valence electrons. The lowest BCUT2D eigenvalue weighted by Crippen LogP contribution is -2.11. The van der Waals surface area contributed by atoms with Crippen molar-refractivity contribution in [1.29, 1.82) is 0 Å². The van der Waals surface area contributed by atoms with Crippen LogP contribution >= 0.6 is 0 Å². The molecule has 1 N–H and O–H groups in total. The summed E-state index contributed by atoms with van der Waals surface area (Å²) in [6, 6.07) is 8.02. The average molecular weight is 313 g/mol. The van der Waals surface area contributed by atoms with E-state index >= 15 is 0 Å². The van der Waals surface area contributed by atoms with E-state index in [1.807, 2.05) is 35.9 Å². The van der Waals surface area contributed by atoms with E-state index < -0.39 is 0 Å². The Bertz CT molecular complexity index is 843. The molecule has 0 aliphatic heterocycles. The molecule has 0 unspecified atom stereocenters. The van der Waals surface area contributed by atoms with Crippen LogP contribution in [-0.2, 0) is 16.6 Å². The number of esters is 1. The first kappa shape index (κ1) is 15.2. The van der Waals surface area contributed by atoms with E-state index in [9.17, 15) is 4.79 Å². The molecule has 2 aromatic heterocycles. The van der Waals surface area contributed by atoms with Gasteiger partial charge in [0.15, 0.2) is 5.65 Å². The minimum absolute atomic E-state index is 0.181. The molecule has 1 aromatic carbocycles. The second kappa shape index (κ2) is 6.60. The zero-order valence-electron chi connectivity index (χ0n) is 13.2. The molecule has 0 amide bonds. The largest absolute Gasteiger partial charge is 0.466 e. The lowest BCUT2D eigenvalue weighted by atomic mass is 10.2. The highest BCUT2D eigenvalue weighted by Gasteiger charge is 2.11. The van der Waals surface area contributed by atoms with Crippen LogP contribution in [0.3, 0.4) is 0 Å². The third kappa shape index (κ3) is 3.08. The number of ether oxygens (including phenoxy) is 1. The van der Waals surface area contributed by atoms with Crippen LogP contribution in [0.1, 0.15) is 19.8 Å². The molecule has 7 heteroatoms. The SMILES string of the molecule is CCC(=O)OCCCNc1nnc2c3ccccc3n(C)c2n1. The van der Waals surface area contributed by atoms with E-state index in [0.29, 0.717) is 31.9 Å². The number of aromatic nitrogens is 4. The summed E-state index contributed by atoms with van der Waals surface area (Å²) < 4.78 is 7.03. The lowest BCUT2D eigenvalue weighted by Gasteiger charge is -2.05. The van der Waals surface area contributed by atoms with Crippen molar-refractivity contribution in [3.63, 3.8) is 0 Å². The number of rotatable bonds is 6.